The summed E-state index contributed by atoms with van der Waals surface area (Å²) in [5, 5.41) is -0.0486. The molecule has 2 unspecified atom stereocenters. The first-order chi connectivity index (χ1) is 3.23. The van der Waals surface area contributed by atoms with Crippen LogP contribution < -0.4 is 0 Å². The maximum atomic E-state index is 10.4. The molecule has 2 atom stereocenters. The predicted octanol–water partition coefficient (Wildman–Crippen LogP) is -0.638. The fraction of sp³-hybridized carbons (Fsp3) is 1.00. The molecule has 40 valence electrons. The fourth-order valence-corrected chi connectivity index (χ4v) is 2.66. The topological polar surface area (TPSA) is 37.1 Å². The van der Waals surface area contributed by atoms with Gasteiger partial charge >= 0.3 is 0 Å². The van der Waals surface area contributed by atoms with Crippen molar-refractivity contribution in [3.05, 3.63) is 0 Å². The summed E-state index contributed by atoms with van der Waals surface area (Å²) >= 11 is 0. The molecule has 0 radical (unpaired) electrons. The van der Waals surface area contributed by atoms with Gasteiger partial charge in [0, 0.05) is 6.54 Å². The molecule has 0 aliphatic carbocycles. The van der Waals surface area contributed by atoms with E-state index in [1.807, 2.05) is 0 Å². The first kappa shape index (κ1) is 3.86. The summed E-state index contributed by atoms with van der Waals surface area (Å²) in [6.07, 6.45) is 0.863. The molecule has 0 amide bonds. The molecular weight excluding hydrogens is 114 g/mol. The van der Waals surface area contributed by atoms with Crippen molar-refractivity contribution in [2.24, 2.45) is 0 Å². The van der Waals surface area contributed by atoms with E-state index in [9.17, 15) is 8.42 Å². The van der Waals surface area contributed by atoms with E-state index in [0.29, 0.717) is 0 Å². The molecule has 2 fully saturated rings. The van der Waals surface area contributed by atoms with Crippen molar-refractivity contribution in [2.75, 3.05) is 6.54 Å². The minimum absolute atomic E-state index is 0.0486. The van der Waals surface area contributed by atoms with Crippen LogP contribution in [0.5, 0.6) is 0 Å². The van der Waals surface area contributed by atoms with E-state index < -0.39 is 10.0 Å². The van der Waals surface area contributed by atoms with Gasteiger partial charge < -0.3 is 0 Å². The molecule has 0 aromatic carbocycles. The largest absolute Gasteiger partial charge is 0.232 e. The van der Waals surface area contributed by atoms with Crippen molar-refractivity contribution >= 4 is 10.0 Å². The SMILES string of the molecule is O=S1(=O)C2CCN21. The molecule has 0 saturated carbocycles. The lowest BCUT2D eigenvalue weighted by molar-refractivity contribution is 0.393. The minimum Gasteiger partial charge on any atom is -0.210 e. The van der Waals surface area contributed by atoms with Gasteiger partial charge in [0.15, 0.2) is 0 Å². The third kappa shape index (κ3) is 0.253. The van der Waals surface area contributed by atoms with Crippen LogP contribution in [0.4, 0.5) is 0 Å². The summed E-state index contributed by atoms with van der Waals surface area (Å²) in [5.41, 5.74) is 0. The highest BCUT2D eigenvalue weighted by Gasteiger charge is 2.61. The van der Waals surface area contributed by atoms with Gasteiger partial charge in [-0.1, -0.05) is 0 Å². The monoisotopic (exact) mass is 119 g/mol. The van der Waals surface area contributed by atoms with Gasteiger partial charge in [-0.15, -0.1) is 0 Å². The van der Waals surface area contributed by atoms with E-state index in [0.717, 1.165) is 13.0 Å². The van der Waals surface area contributed by atoms with Gasteiger partial charge in [0.2, 0.25) is 10.0 Å². The number of nitrogens with zero attached hydrogens (tertiary/aromatic N) is 1. The molecule has 7 heavy (non-hydrogen) atoms. The van der Waals surface area contributed by atoms with E-state index in [1.54, 1.807) is 0 Å². The van der Waals surface area contributed by atoms with Gasteiger partial charge in [-0.25, -0.2) is 8.42 Å². The van der Waals surface area contributed by atoms with Crippen molar-refractivity contribution in [1.82, 2.24) is 4.31 Å². The Morgan fingerprint density at radius 2 is 2.14 bits per heavy atom. The molecule has 3 nitrogen and oxygen atoms in total. The standard InChI is InChI=1S/C3H5NO2S/c5-7(6)3-1-2-4(3)7/h3H,1-2H2. The van der Waals surface area contributed by atoms with Gasteiger partial charge in [-0.3, -0.25) is 0 Å². The molecule has 0 aromatic heterocycles. The highest BCUT2D eigenvalue weighted by Crippen LogP contribution is 2.42. The number of hydrogen-bond donors (Lipinski definition) is 0. The fourth-order valence-electron chi connectivity index (χ4n) is 0.902. The Hall–Kier alpha value is -0.0900. The third-order valence-corrected chi connectivity index (χ3v) is 3.60. The number of hydrogen-bond acceptors (Lipinski definition) is 2. The van der Waals surface area contributed by atoms with Gasteiger partial charge in [0.25, 0.3) is 0 Å². The Kier molecular flexibility index (Phi) is 0.406. The van der Waals surface area contributed by atoms with Crippen molar-refractivity contribution < 1.29 is 8.42 Å². The highest BCUT2D eigenvalue weighted by atomic mass is 32.2. The van der Waals surface area contributed by atoms with E-state index in [1.165, 1.54) is 4.31 Å². The van der Waals surface area contributed by atoms with Crippen LogP contribution in [0, 0.1) is 0 Å². The van der Waals surface area contributed by atoms with Crippen LogP contribution >= 0.6 is 0 Å². The molecule has 0 bridgehead atoms. The molecule has 2 aliphatic rings. The average Bonchev–Trinajstić information content (AvgIpc) is 1.52. The lowest BCUT2D eigenvalue weighted by Gasteiger charge is -2.01. The normalized spacial score (nSPS) is 52.0. The van der Waals surface area contributed by atoms with Crippen LogP contribution in [0.3, 0.4) is 0 Å². The summed E-state index contributed by atoms with van der Waals surface area (Å²) < 4.78 is 22.3. The first-order valence-electron chi connectivity index (χ1n) is 2.23. The summed E-state index contributed by atoms with van der Waals surface area (Å²) in [4.78, 5) is 0. The van der Waals surface area contributed by atoms with Crippen molar-refractivity contribution in [2.45, 2.75) is 11.8 Å². The lowest BCUT2D eigenvalue weighted by Crippen LogP contribution is -2.16. The maximum Gasteiger partial charge on any atom is 0.232 e. The van der Waals surface area contributed by atoms with E-state index >= 15 is 0 Å². The summed E-state index contributed by atoms with van der Waals surface area (Å²) in [5.74, 6) is 0. The zero-order valence-electron chi connectivity index (χ0n) is 3.66. The number of sulfonamides is 1. The molecule has 0 aromatic rings. The van der Waals surface area contributed by atoms with Crippen LogP contribution in [0.1, 0.15) is 6.42 Å². The molecule has 4 heteroatoms. The third-order valence-electron chi connectivity index (χ3n) is 1.54. The summed E-state index contributed by atoms with van der Waals surface area (Å²) in [6.45, 7) is 0.771. The molecule has 0 N–H and O–H groups in total. The molecule has 0 spiro atoms. The zero-order chi connectivity index (χ0) is 5.07. The average molecular weight is 119 g/mol. The first-order valence-corrected chi connectivity index (χ1v) is 3.74. The van der Waals surface area contributed by atoms with Crippen molar-refractivity contribution in [3.63, 3.8) is 0 Å². The molecular formula is C3H5NO2S. The van der Waals surface area contributed by atoms with Crippen LogP contribution in [0.2, 0.25) is 0 Å². The molecule has 2 heterocycles. The van der Waals surface area contributed by atoms with Crippen LogP contribution in [0.25, 0.3) is 0 Å². The van der Waals surface area contributed by atoms with Crippen molar-refractivity contribution in [3.8, 4) is 0 Å². The van der Waals surface area contributed by atoms with Gasteiger partial charge in [-0.05, 0) is 6.42 Å². The molecule has 2 aliphatic heterocycles. The number of fused-ring (bicyclic) bond motifs is 1. The minimum atomic E-state index is -2.63. The number of rotatable bonds is 0. The van der Waals surface area contributed by atoms with Gasteiger partial charge in [0.1, 0.15) is 5.37 Å². The van der Waals surface area contributed by atoms with Crippen LogP contribution in [-0.4, -0.2) is 24.6 Å². The summed E-state index contributed by atoms with van der Waals surface area (Å²) in [6, 6.07) is 0. The Morgan fingerprint density at radius 3 is 2.14 bits per heavy atom. The summed E-state index contributed by atoms with van der Waals surface area (Å²) in [7, 11) is -2.63. The lowest BCUT2D eigenvalue weighted by atomic mass is 10.3. The second-order valence-electron chi connectivity index (χ2n) is 1.90. The quantitative estimate of drug-likeness (QED) is 0.398. The van der Waals surface area contributed by atoms with Gasteiger partial charge in [0.05, 0.1) is 0 Å². The second-order valence-corrected chi connectivity index (χ2v) is 3.94. The zero-order valence-corrected chi connectivity index (χ0v) is 4.48. The second kappa shape index (κ2) is 0.736. The Morgan fingerprint density at radius 1 is 1.57 bits per heavy atom. The maximum absolute atomic E-state index is 10.4. The van der Waals surface area contributed by atoms with Crippen LogP contribution in [0.15, 0.2) is 0 Å². The highest BCUT2D eigenvalue weighted by molar-refractivity contribution is 7.96. The Bertz CT molecular complexity index is 179. The smallest absolute Gasteiger partial charge is 0.210 e. The van der Waals surface area contributed by atoms with Gasteiger partial charge in [-0.2, -0.15) is 4.31 Å². The predicted molar refractivity (Wildman–Crippen MR) is 24.0 cm³/mol. The van der Waals surface area contributed by atoms with Crippen LogP contribution in [-0.2, 0) is 10.0 Å². The Balaban J connectivity index is 2.51. The van der Waals surface area contributed by atoms with E-state index in [-0.39, 0.29) is 5.37 Å². The Labute approximate surface area is 42.0 Å². The molecule has 2 rings (SSSR count). The van der Waals surface area contributed by atoms with E-state index in [2.05, 4.69) is 0 Å². The molecule has 2 saturated heterocycles. The van der Waals surface area contributed by atoms with E-state index in [4.69, 9.17) is 0 Å². The van der Waals surface area contributed by atoms with Crippen molar-refractivity contribution in [1.29, 1.82) is 0 Å².